The lowest BCUT2D eigenvalue weighted by Crippen LogP contribution is -2.44. The van der Waals surface area contributed by atoms with Gasteiger partial charge in [-0.15, -0.1) is 0 Å². The van der Waals surface area contributed by atoms with E-state index in [1.54, 1.807) is 23.3 Å². The fourth-order valence-electron chi connectivity index (χ4n) is 0.789. The molecular weight excluding hydrogens is 186 g/mol. The number of rotatable bonds is 1. The van der Waals surface area contributed by atoms with Gasteiger partial charge in [0.2, 0.25) is 5.96 Å². The molecule has 0 amide bonds. The van der Waals surface area contributed by atoms with Crippen LogP contribution in [0.4, 0.5) is 5.69 Å². The normalized spacial score (nSPS) is 9.31. The van der Waals surface area contributed by atoms with Crippen molar-refractivity contribution in [2.45, 2.75) is 0 Å². The van der Waals surface area contributed by atoms with Crippen molar-refractivity contribution in [2.24, 2.45) is 5.73 Å². The van der Waals surface area contributed by atoms with E-state index in [1.165, 1.54) is 0 Å². The zero-order chi connectivity index (χ0) is 9.84. The van der Waals surface area contributed by atoms with E-state index in [4.69, 9.17) is 16.6 Å². The lowest BCUT2D eigenvalue weighted by Gasteiger charge is -2.18. The molecule has 6 heteroatoms. The van der Waals surface area contributed by atoms with Crippen molar-refractivity contribution in [1.29, 1.82) is 10.8 Å². The van der Waals surface area contributed by atoms with E-state index in [0.29, 0.717) is 0 Å². The second-order valence-electron chi connectivity index (χ2n) is 2.43. The third kappa shape index (κ3) is 2.45. The first-order chi connectivity index (χ1) is 6.11. The van der Waals surface area contributed by atoms with Crippen LogP contribution in [0.2, 0.25) is 0 Å². The van der Waals surface area contributed by atoms with Gasteiger partial charge in [-0.25, -0.2) is 0 Å². The number of hydrogen-bond acceptors (Lipinski definition) is 3. The smallest absolute Gasteiger partial charge is 0.202 e. The molecule has 0 saturated carbocycles. The van der Waals surface area contributed by atoms with E-state index in [0.717, 1.165) is 5.69 Å². The van der Waals surface area contributed by atoms with Crippen molar-refractivity contribution in [2.75, 3.05) is 11.9 Å². The van der Waals surface area contributed by atoms with Crippen LogP contribution in [0.15, 0.2) is 16.8 Å². The van der Waals surface area contributed by atoms with E-state index in [2.05, 4.69) is 5.32 Å². The largest absolute Gasteiger partial charge is 0.370 e. The van der Waals surface area contributed by atoms with Crippen LogP contribution in [0.5, 0.6) is 0 Å². The minimum atomic E-state index is -0.230. The van der Waals surface area contributed by atoms with Gasteiger partial charge < -0.3 is 10.6 Å². The summed E-state index contributed by atoms with van der Waals surface area (Å²) in [5.74, 6) is -0.141. The maximum Gasteiger partial charge on any atom is 0.202 e. The van der Waals surface area contributed by atoms with Crippen molar-refractivity contribution >= 4 is 28.9 Å². The Labute approximate surface area is 80.2 Å². The Hall–Kier alpha value is -1.56. The monoisotopic (exact) mass is 197 g/mol. The van der Waals surface area contributed by atoms with Gasteiger partial charge in [0.15, 0.2) is 5.96 Å². The molecule has 1 rings (SSSR count). The Kier molecular flexibility index (Phi) is 2.86. The molecule has 0 aliphatic carbocycles. The fraction of sp³-hybridized carbons (Fsp3) is 0.143. The minimum absolute atomic E-state index is 0.0888. The van der Waals surface area contributed by atoms with Gasteiger partial charge in [0.05, 0.1) is 5.69 Å². The molecule has 70 valence electrons. The van der Waals surface area contributed by atoms with Crippen molar-refractivity contribution in [3.05, 3.63) is 16.8 Å². The highest BCUT2D eigenvalue weighted by Crippen LogP contribution is 2.15. The zero-order valence-corrected chi connectivity index (χ0v) is 7.98. The van der Waals surface area contributed by atoms with E-state index in [1.807, 2.05) is 16.8 Å². The number of anilines is 1. The molecule has 0 saturated heterocycles. The van der Waals surface area contributed by atoms with Crippen LogP contribution in [0.25, 0.3) is 0 Å². The summed E-state index contributed by atoms with van der Waals surface area (Å²) in [5.41, 5.74) is 6.00. The molecular formula is C7H11N5S. The molecule has 1 aromatic rings. The Balaban J connectivity index is 2.63. The number of hydrogen-bond donors (Lipinski definition) is 4. The number of guanidine groups is 2. The Morgan fingerprint density at radius 3 is 2.77 bits per heavy atom. The molecule has 0 fully saturated rings. The number of nitrogens with zero attached hydrogens (tertiary/aromatic N) is 1. The third-order valence-corrected chi connectivity index (χ3v) is 2.15. The molecule has 0 bridgehead atoms. The summed E-state index contributed by atoms with van der Waals surface area (Å²) in [4.78, 5) is 1.61. The third-order valence-electron chi connectivity index (χ3n) is 1.48. The number of nitrogens with one attached hydrogen (secondary N) is 3. The summed E-state index contributed by atoms with van der Waals surface area (Å²) in [6, 6.07) is 1.89. The van der Waals surface area contributed by atoms with E-state index >= 15 is 0 Å². The molecule has 1 heterocycles. The average molecular weight is 197 g/mol. The van der Waals surface area contributed by atoms with Crippen LogP contribution in [-0.2, 0) is 0 Å². The maximum atomic E-state index is 7.50. The van der Waals surface area contributed by atoms with Gasteiger partial charge in [-0.3, -0.25) is 16.1 Å². The van der Waals surface area contributed by atoms with Crippen molar-refractivity contribution < 1.29 is 0 Å². The Morgan fingerprint density at radius 2 is 2.31 bits per heavy atom. The summed E-state index contributed by atoms with van der Waals surface area (Å²) in [6.07, 6.45) is 0. The predicted octanol–water partition coefficient (Wildman–Crippen LogP) is 0.602. The standard InChI is InChI=1S/C7H11N5S/c1-12(5-2-3-13-4-5)7(10)11-6(8)9/h2-4H,1H3,(H5,8,9,10,11). The Bertz CT molecular complexity index is 305. The highest BCUT2D eigenvalue weighted by molar-refractivity contribution is 7.08. The van der Waals surface area contributed by atoms with Gasteiger partial charge in [-0.2, -0.15) is 11.3 Å². The molecule has 13 heavy (non-hydrogen) atoms. The number of thiophene rings is 1. The van der Waals surface area contributed by atoms with Gasteiger partial charge in [-0.1, -0.05) is 0 Å². The molecule has 0 atom stereocenters. The maximum absolute atomic E-state index is 7.50. The van der Waals surface area contributed by atoms with Gasteiger partial charge in [0.1, 0.15) is 0 Å². The number of nitrogens with two attached hydrogens (primary N) is 1. The second kappa shape index (κ2) is 3.90. The molecule has 0 unspecified atom stereocenters. The summed E-state index contributed by atoms with van der Waals surface area (Å²) < 4.78 is 0. The first-order valence-corrected chi connectivity index (χ1v) is 4.51. The van der Waals surface area contributed by atoms with Crippen LogP contribution in [0, 0.1) is 10.8 Å². The Morgan fingerprint density at radius 1 is 1.62 bits per heavy atom. The van der Waals surface area contributed by atoms with E-state index in [9.17, 15) is 0 Å². The topological polar surface area (TPSA) is 89.0 Å². The molecule has 5 nitrogen and oxygen atoms in total. The van der Waals surface area contributed by atoms with E-state index < -0.39 is 0 Å². The SMILES string of the molecule is CN(C(=N)NC(=N)N)c1ccsc1. The molecule has 0 aliphatic rings. The van der Waals surface area contributed by atoms with Crippen molar-refractivity contribution in [3.63, 3.8) is 0 Å². The predicted molar refractivity (Wildman–Crippen MR) is 55.5 cm³/mol. The minimum Gasteiger partial charge on any atom is -0.370 e. The molecule has 0 aromatic carbocycles. The lowest BCUT2D eigenvalue weighted by molar-refractivity contribution is 1.11. The van der Waals surface area contributed by atoms with Crippen LogP contribution < -0.4 is 16.0 Å². The first-order valence-electron chi connectivity index (χ1n) is 3.57. The van der Waals surface area contributed by atoms with Crippen molar-refractivity contribution in [1.82, 2.24) is 5.32 Å². The quantitative estimate of drug-likeness (QED) is 0.392. The molecule has 0 spiro atoms. The molecule has 0 aliphatic heterocycles. The summed E-state index contributed by atoms with van der Waals surface area (Å²) in [7, 11) is 1.74. The molecule has 5 N–H and O–H groups in total. The summed E-state index contributed by atoms with van der Waals surface area (Å²) in [5, 5.41) is 20.7. The highest BCUT2D eigenvalue weighted by atomic mass is 32.1. The fourth-order valence-corrected chi connectivity index (χ4v) is 1.46. The van der Waals surface area contributed by atoms with Crippen LogP contribution in [0.1, 0.15) is 0 Å². The summed E-state index contributed by atoms with van der Waals surface area (Å²) >= 11 is 1.55. The highest BCUT2D eigenvalue weighted by Gasteiger charge is 2.06. The first kappa shape index (κ1) is 9.53. The van der Waals surface area contributed by atoms with Gasteiger partial charge >= 0.3 is 0 Å². The zero-order valence-electron chi connectivity index (χ0n) is 7.16. The van der Waals surface area contributed by atoms with Gasteiger partial charge in [-0.05, 0) is 11.4 Å². The second-order valence-corrected chi connectivity index (χ2v) is 3.21. The van der Waals surface area contributed by atoms with Crippen molar-refractivity contribution in [3.8, 4) is 0 Å². The van der Waals surface area contributed by atoms with Crippen LogP contribution >= 0.6 is 11.3 Å². The molecule has 1 aromatic heterocycles. The van der Waals surface area contributed by atoms with Crippen LogP contribution in [0.3, 0.4) is 0 Å². The lowest BCUT2D eigenvalue weighted by atomic mass is 10.5. The molecule has 0 radical (unpaired) electrons. The average Bonchev–Trinajstić information content (AvgIpc) is 2.53. The van der Waals surface area contributed by atoms with E-state index in [-0.39, 0.29) is 11.9 Å². The van der Waals surface area contributed by atoms with Gasteiger partial charge in [0, 0.05) is 12.4 Å². The van der Waals surface area contributed by atoms with Crippen LogP contribution in [-0.4, -0.2) is 19.0 Å². The van der Waals surface area contributed by atoms with Gasteiger partial charge in [0.25, 0.3) is 0 Å². The summed E-state index contributed by atoms with van der Waals surface area (Å²) in [6.45, 7) is 0.